The summed E-state index contributed by atoms with van der Waals surface area (Å²) in [5.74, 6) is 2.93. The molecule has 0 heterocycles. The predicted octanol–water partition coefficient (Wildman–Crippen LogP) is 10.6. The molecule has 1 aromatic carbocycles. The third-order valence-corrected chi connectivity index (χ3v) is 9.97. The van der Waals surface area contributed by atoms with Crippen LogP contribution in [0, 0.1) is 41.2 Å². The molecule has 0 aromatic heterocycles. The van der Waals surface area contributed by atoms with Crippen LogP contribution in [0.5, 0.6) is 5.75 Å². The number of rotatable bonds is 11. The number of hydrogen-bond donors (Lipinski definition) is 0. The number of hydrogen-bond acceptors (Lipinski definition) is 1. The molecule has 3 fully saturated rings. The lowest BCUT2D eigenvalue weighted by molar-refractivity contribution is 0.156. The minimum Gasteiger partial charge on any atom is -0.491 e. The van der Waals surface area contributed by atoms with Crippen LogP contribution in [0.4, 0.5) is 8.78 Å². The second-order valence-corrected chi connectivity index (χ2v) is 12.3. The molecule has 0 bridgehead atoms. The summed E-state index contributed by atoms with van der Waals surface area (Å²) in [6.45, 7) is 6.00. The summed E-state index contributed by atoms with van der Waals surface area (Å²) in [6, 6.07) is 3.36. The molecule has 0 saturated heterocycles. The summed E-state index contributed by atoms with van der Waals surface area (Å²) in [7, 11) is 0. The first-order chi connectivity index (χ1) is 18.1. The van der Waals surface area contributed by atoms with Gasteiger partial charge in [0.2, 0.25) is 5.82 Å². The fraction of sp³-hybridized carbons (Fsp3) is 0.706. The van der Waals surface area contributed by atoms with E-state index < -0.39 is 11.6 Å². The SMILES string of the molecule is C=CCCC1CCC(/C=C/CCC2CCC(C3CCC(c4ccc(OCC)c(F)c4F)CC3)CC2)CC1. The molecule has 0 radical (unpaired) electrons. The highest BCUT2D eigenvalue weighted by Crippen LogP contribution is 2.45. The highest BCUT2D eigenvalue weighted by Gasteiger charge is 2.32. The molecule has 4 rings (SSSR count). The quantitative estimate of drug-likeness (QED) is 0.268. The van der Waals surface area contributed by atoms with Crippen LogP contribution < -0.4 is 4.74 Å². The molecule has 0 amide bonds. The summed E-state index contributed by atoms with van der Waals surface area (Å²) in [4.78, 5) is 0. The van der Waals surface area contributed by atoms with E-state index in [1.54, 1.807) is 19.1 Å². The number of halogens is 2. The molecule has 3 aliphatic carbocycles. The van der Waals surface area contributed by atoms with Crippen LogP contribution in [0.3, 0.4) is 0 Å². The zero-order valence-corrected chi connectivity index (χ0v) is 23.2. The van der Waals surface area contributed by atoms with Crippen LogP contribution in [-0.2, 0) is 0 Å². The van der Waals surface area contributed by atoms with E-state index in [1.165, 1.54) is 77.0 Å². The summed E-state index contributed by atoms with van der Waals surface area (Å²) in [5.41, 5.74) is 0.553. The fourth-order valence-corrected chi connectivity index (χ4v) is 7.62. The molecular weight excluding hydrogens is 462 g/mol. The van der Waals surface area contributed by atoms with Crippen LogP contribution in [-0.4, -0.2) is 6.61 Å². The first kappa shape index (κ1) is 28.4. The molecule has 206 valence electrons. The van der Waals surface area contributed by atoms with Gasteiger partial charge in [-0.15, -0.1) is 6.58 Å². The zero-order valence-electron chi connectivity index (χ0n) is 23.2. The highest BCUT2D eigenvalue weighted by atomic mass is 19.2. The molecule has 0 atom stereocenters. The summed E-state index contributed by atoms with van der Waals surface area (Å²) in [5, 5.41) is 0. The lowest BCUT2D eigenvalue weighted by atomic mass is 9.68. The Morgan fingerprint density at radius 3 is 2.00 bits per heavy atom. The third-order valence-electron chi connectivity index (χ3n) is 9.97. The largest absolute Gasteiger partial charge is 0.491 e. The minimum absolute atomic E-state index is 0.0340. The summed E-state index contributed by atoms with van der Waals surface area (Å²) >= 11 is 0. The molecule has 37 heavy (non-hydrogen) atoms. The third kappa shape index (κ3) is 7.93. The molecular formula is C34H50F2O. The Bertz CT molecular complexity index is 853. The second kappa shape index (κ2) is 14.5. The van der Waals surface area contributed by atoms with E-state index in [0.717, 1.165) is 55.3 Å². The maximum absolute atomic E-state index is 14.7. The van der Waals surface area contributed by atoms with Gasteiger partial charge in [-0.2, -0.15) is 4.39 Å². The molecule has 3 aliphatic rings. The van der Waals surface area contributed by atoms with Crippen LogP contribution in [0.1, 0.15) is 121 Å². The number of benzene rings is 1. The van der Waals surface area contributed by atoms with Gasteiger partial charge in [-0.3, -0.25) is 0 Å². The predicted molar refractivity (Wildman–Crippen MR) is 151 cm³/mol. The van der Waals surface area contributed by atoms with Crippen molar-refractivity contribution in [2.24, 2.45) is 29.6 Å². The molecule has 3 saturated carbocycles. The van der Waals surface area contributed by atoms with Crippen LogP contribution in [0.25, 0.3) is 0 Å². The van der Waals surface area contributed by atoms with Crippen molar-refractivity contribution < 1.29 is 13.5 Å². The standard InChI is InChI=1S/C34H50F2O/c1-3-5-8-25-11-13-26(14-12-25)9-6-7-10-27-15-17-28(18-16-27)29-19-21-30(22-20-29)31-23-24-32(37-4-2)34(36)33(31)35/h3,6,9,23-30H,1,4-5,7-8,10-22H2,2H3/b9-6+. The second-order valence-electron chi connectivity index (χ2n) is 12.3. The van der Waals surface area contributed by atoms with Crippen molar-refractivity contribution >= 4 is 0 Å². The van der Waals surface area contributed by atoms with Crippen molar-refractivity contribution in [3.05, 3.63) is 54.1 Å². The maximum atomic E-state index is 14.7. The van der Waals surface area contributed by atoms with Gasteiger partial charge in [-0.1, -0.05) is 37.1 Å². The zero-order chi connectivity index (χ0) is 26.0. The van der Waals surface area contributed by atoms with Gasteiger partial charge in [-0.25, -0.2) is 4.39 Å². The van der Waals surface area contributed by atoms with E-state index in [2.05, 4.69) is 24.8 Å². The van der Waals surface area contributed by atoms with Crippen molar-refractivity contribution in [1.82, 2.24) is 0 Å². The average Bonchev–Trinajstić information content (AvgIpc) is 2.94. The van der Waals surface area contributed by atoms with Gasteiger partial charge in [0, 0.05) is 0 Å². The van der Waals surface area contributed by atoms with Crippen molar-refractivity contribution in [3.63, 3.8) is 0 Å². The number of ether oxygens (including phenoxy) is 1. The van der Waals surface area contributed by atoms with Crippen LogP contribution in [0.15, 0.2) is 36.9 Å². The van der Waals surface area contributed by atoms with E-state index in [9.17, 15) is 8.78 Å². The Kier molecular flexibility index (Phi) is 11.1. The molecule has 0 aliphatic heterocycles. The van der Waals surface area contributed by atoms with Crippen LogP contribution in [0.2, 0.25) is 0 Å². The van der Waals surface area contributed by atoms with Crippen molar-refractivity contribution in [1.29, 1.82) is 0 Å². The van der Waals surface area contributed by atoms with E-state index in [-0.39, 0.29) is 11.7 Å². The molecule has 0 spiro atoms. The van der Waals surface area contributed by atoms with Crippen LogP contribution >= 0.6 is 0 Å². The lowest BCUT2D eigenvalue weighted by Gasteiger charge is -2.38. The van der Waals surface area contributed by atoms with Crippen molar-refractivity contribution in [2.45, 2.75) is 116 Å². The van der Waals surface area contributed by atoms with E-state index in [4.69, 9.17) is 4.74 Å². The number of allylic oxidation sites excluding steroid dienone is 3. The topological polar surface area (TPSA) is 9.23 Å². The molecule has 1 aromatic rings. The van der Waals surface area contributed by atoms with E-state index >= 15 is 0 Å². The average molecular weight is 513 g/mol. The first-order valence-corrected chi connectivity index (χ1v) is 15.5. The Hall–Kier alpha value is -1.64. The molecule has 0 unspecified atom stereocenters. The van der Waals surface area contributed by atoms with E-state index in [1.807, 2.05) is 0 Å². The minimum atomic E-state index is -0.818. The van der Waals surface area contributed by atoms with Crippen molar-refractivity contribution in [2.75, 3.05) is 6.61 Å². The Labute approximate surface area is 225 Å². The molecule has 0 N–H and O–H groups in total. The van der Waals surface area contributed by atoms with Gasteiger partial charge < -0.3 is 4.74 Å². The lowest BCUT2D eigenvalue weighted by Crippen LogP contribution is -2.25. The Morgan fingerprint density at radius 2 is 1.38 bits per heavy atom. The van der Waals surface area contributed by atoms with E-state index in [0.29, 0.717) is 12.2 Å². The maximum Gasteiger partial charge on any atom is 0.200 e. The van der Waals surface area contributed by atoms with Gasteiger partial charge in [-0.05, 0) is 144 Å². The van der Waals surface area contributed by atoms with Crippen molar-refractivity contribution in [3.8, 4) is 5.75 Å². The van der Waals surface area contributed by atoms with Gasteiger partial charge in [0.25, 0.3) is 0 Å². The monoisotopic (exact) mass is 512 g/mol. The molecule has 3 heteroatoms. The normalized spacial score (nSPS) is 30.9. The fourth-order valence-electron chi connectivity index (χ4n) is 7.62. The Balaban J connectivity index is 1.12. The van der Waals surface area contributed by atoms with Gasteiger partial charge in [0.15, 0.2) is 11.6 Å². The summed E-state index contributed by atoms with van der Waals surface area (Å²) in [6.07, 6.45) is 27.6. The molecule has 1 nitrogen and oxygen atoms in total. The first-order valence-electron chi connectivity index (χ1n) is 15.5. The summed E-state index contributed by atoms with van der Waals surface area (Å²) < 4.78 is 34.3. The van der Waals surface area contributed by atoms with Gasteiger partial charge >= 0.3 is 0 Å². The van der Waals surface area contributed by atoms with Gasteiger partial charge in [0.05, 0.1) is 6.61 Å². The smallest absolute Gasteiger partial charge is 0.200 e. The Morgan fingerprint density at radius 1 is 0.784 bits per heavy atom. The highest BCUT2D eigenvalue weighted by molar-refractivity contribution is 5.33. The van der Waals surface area contributed by atoms with Gasteiger partial charge in [0.1, 0.15) is 0 Å².